The quantitative estimate of drug-likeness (QED) is 0.255. The molecule has 1 aromatic rings. The first-order valence-corrected chi connectivity index (χ1v) is 12.9. The molecular formula is C28H41F3O. The number of benzene rings is 1. The van der Waals surface area contributed by atoms with Gasteiger partial charge in [-0.25, -0.2) is 0 Å². The van der Waals surface area contributed by atoms with E-state index >= 15 is 0 Å². The van der Waals surface area contributed by atoms with Gasteiger partial charge in [-0.2, -0.15) is 0 Å². The molecule has 0 amide bonds. The zero-order valence-corrected chi connectivity index (χ0v) is 19.7. The second-order valence-electron chi connectivity index (χ2n) is 10.1. The van der Waals surface area contributed by atoms with Crippen LogP contribution >= 0.6 is 0 Å². The Balaban J connectivity index is 1.30. The third-order valence-corrected chi connectivity index (χ3v) is 7.76. The first-order chi connectivity index (χ1) is 15.4. The number of rotatable bonds is 10. The third-order valence-electron chi connectivity index (χ3n) is 7.76. The van der Waals surface area contributed by atoms with Crippen molar-refractivity contribution >= 4 is 0 Å². The van der Waals surface area contributed by atoms with E-state index in [9.17, 15) is 13.2 Å². The van der Waals surface area contributed by atoms with E-state index in [4.69, 9.17) is 0 Å². The molecule has 0 aliphatic heterocycles. The SMILES string of the molecule is CCCCCC1CCC(C2CCC(C=CCCc3ccc(OC(F)(F)F)cc3)CC2)CC1. The zero-order valence-electron chi connectivity index (χ0n) is 19.7. The van der Waals surface area contributed by atoms with Crippen molar-refractivity contribution in [3.63, 3.8) is 0 Å². The molecule has 180 valence electrons. The van der Waals surface area contributed by atoms with E-state index in [0.29, 0.717) is 5.92 Å². The van der Waals surface area contributed by atoms with Crippen LogP contribution in [0.4, 0.5) is 13.2 Å². The van der Waals surface area contributed by atoms with E-state index in [0.717, 1.165) is 36.2 Å². The van der Waals surface area contributed by atoms with Gasteiger partial charge in [-0.1, -0.05) is 69.7 Å². The molecule has 0 bridgehead atoms. The number of hydrogen-bond donors (Lipinski definition) is 0. The number of halogens is 3. The van der Waals surface area contributed by atoms with Crippen molar-refractivity contribution in [2.45, 2.75) is 103 Å². The van der Waals surface area contributed by atoms with Crippen molar-refractivity contribution in [1.82, 2.24) is 0 Å². The summed E-state index contributed by atoms with van der Waals surface area (Å²) in [6.07, 6.45) is 18.7. The van der Waals surface area contributed by atoms with E-state index in [2.05, 4.69) is 23.8 Å². The zero-order chi connectivity index (χ0) is 22.8. The molecule has 0 spiro atoms. The molecule has 0 saturated heterocycles. The molecule has 3 rings (SSSR count). The van der Waals surface area contributed by atoms with Gasteiger partial charge in [0.1, 0.15) is 5.75 Å². The van der Waals surface area contributed by atoms with Crippen LogP contribution in [0.3, 0.4) is 0 Å². The van der Waals surface area contributed by atoms with E-state index in [1.807, 2.05) is 0 Å². The Morgan fingerprint density at radius 1 is 0.875 bits per heavy atom. The summed E-state index contributed by atoms with van der Waals surface area (Å²) in [6.45, 7) is 2.29. The van der Waals surface area contributed by atoms with Gasteiger partial charge in [0.05, 0.1) is 0 Å². The maximum Gasteiger partial charge on any atom is 0.573 e. The van der Waals surface area contributed by atoms with Gasteiger partial charge in [-0.05, 0) is 92.7 Å². The van der Waals surface area contributed by atoms with Crippen LogP contribution in [0.25, 0.3) is 0 Å². The van der Waals surface area contributed by atoms with Crippen LogP contribution in [0.2, 0.25) is 0 Å². The summed E-state index contributed by atoms with van der Waals surface area (Å²) in [5, 5.41) is 0. The lowest BCUT2D eigenvalue weighted by molar-refractivity contribution is -0.274. The molecule has 2 aliphatic carbocycles. The smallest absolute Gasteiger partial charge is 0.406 e. The average Bonchev–Trinajstić information content (AvgIpc) is 2.78. The first kappa shape index (κ1) is 25.2. The third kappa shape index (κ3) is 8.83. The fraction of sp³-hybridized carbons (Fsp3) is 0.714. The van der Waals surface area contributed by atoms with E-state index < -0.39 is 6.36 Å². The summed E-state index contributed by atoms with van der Waals surface area (Å²) in [4.78, 5) is 0. The summed E-state index contributed by atoms with van der Waals surface area (Å²) in [5.74, 6) is 3.49. The number of ether oxygens (including phenoxy) is 1. The number of unbranched alkanes of at least 4 members (excludes halogenated alkanes) is 2. The molecule has 2 fully saturated rings. The van der Waals surface area contributed by atoms with Crippen LogP contribution in [0.5, 0.6) is 5.75 Å². The maximum atomic E-state index is 12.2. The number of hydrogen-bond acceptors (Lipinski definition) is 1. The van der Waals surface area contributed by atoms with E-state index in [1.165, 1.54) is 89.2 Å². The molecule has 1 nitrogen and oxygen atoms in total. The van der Waals surface area contributed by atoms with Crippen molar-refractivity contribution in [3.8, 4) is 5.75 Å². The Labute approximate surface area is 192 Å². The molecule has 4 heteroatoms. The molecule has 0 N–H and O–H groups in total. The fourth-order valence-corrected chi connectivity index (χ4v) is 5.84. The number of aryl methyl sites for hydroxylation is 1. The lowest BCUT2D eigenvalue weighted by Gasteiger charge is -2.37. The molecule has 2 saturated carbocycles. The predicted octanol–water partition coefficient (Wildman–Crippen LogP) is 9.27. The van der Waals surface area contributed by atoms with E-state index in [1.54, 1.807) is 12.1 Å². The van der Waals surface area contributed by atoms with Gasteiger partial charge in [0.25, 0.3) is 0 Å². The Kier molecular flexibility index (Phi) is 9.99. The van der Waals surface area contributed by atoms with Crippen LogP contribution in [-0.2, 0) is 6.42 Å². The molecule has 0 heterocycles. The summed E-state index contributed by atoms with van der Waals surface area (Å²) in [5.41, 5.74) is 1.04. The van der Waals surface area contributed by atoms with Gasteiger partial charge < -0.3 is 4.74 Å². The highest BCUT2D eigenvalue weighted by molar-refractivity contribution is 5.27. The van der Waals surface area contributed by atoms with Crippen LogP contribution in [0.15, 0.2) is 36.4 Å². The predicted molar refractivity (Wildman–Crippen MR) is 126 cm³/mol. The van der Waals surface area contributed by atoms with Gasteiger partial charge in [-0.3, -0.25) is 0 Å². The van der Waals surface area contributed by atoms with E-state index in [-0.39, 0.29) is 5.75 Å². The standard InChI is InChI=1S/C28H41F3O/c1-2-3-4-7-22-10-16-25(17-11-22)26-18-12-23(13-19-26)8-5-6-9-24-14-20-27(21-15-24)32-28(29,30)31/h5,8,14-15,20-23,25-26H,2-4,6-7,9-13,16-19H2,1H3. The molecular weight excluding hydrogens is 409 g/mol. The Hall–Kier alpha value is -1.45. The normalized spacial score (nSPS) is 27.0. The van der Waals surface area contributed by atoms with Crippen molar-refractivity contribution < 1.29 is 17.9 Å². The second-order valence-corrected chi connectivity index (χ2v) is 10.1. The van der Waals surface area contributed by atoms with Gasteiger partial charge in [0, 0.05) is 0 Å². The van der Waals surface area contributed by atoms with Crippen LogP contribution in [0.1, 0.15) is 96.0 Å². The largest absolute Gasteiger partial charge is 0.573 e. The molecule has 0 radical (unpaired) electrons. The van der Waals surface area contributed by atoms with Gasteiger partial charge in [0.2, 0.25) is 0 Å². The monoisotopic (exact) mass is 450 g/mol. The van der Waals surface area contributed by atoms with Crippen molar-refractivity contribution in [1.29, 1.82) is 0 Å². The number of allylic oxidation sites excluding steroid dienone is 2. The molecule has 32 heavy (non-hydrogen) atoms. The van der Waals surface area contributed by atoms with Crippen LogP contribution < -0.4 is 4.74 Å². The minimum absolute atomic E-state index is 0.154. The van der Waals surface area contributed by atoms with Crippen LogP contribution in [-0.4, -0.2) is 6.36 Å². The fourth-order valence-electron chi connectivity index (χ4n) is 5.84. The maximum absolute atomic E-state index is 12.2. The Morgan fingerprint density at radius 3 is 2.09 bits per heavy atom. The van der Waals surface area contributed by atoms with Gasteiger partial charge in [-0.15, -0.1) is 13.2 Å². The first-order valence-electron chi connectivity index (χ1n) is 12.9. The topological polar surface area (TPSA) is 9.23 Å². The highest BCUT2D eigenvalue weighted by Gasteiger charge is 2.31. The highest BCUT2D eigenvalue weighted by Crippen LogP contribution is 2.42. The Morgan fingerprint density at radius 2 is 1.50 bits per heavy atom. The molecule has 1 aromatic carbocycles. The summed E-state index contributed by atoms with van der Waals surface area (Å²) in [7, 11) is 0. The van der Waals surface area contributed by atoms with Crippen molar-refractivity contribution in [3.05, 3.63) is 42.0 Å². The Bertz CT molecular complexity index is 663. The van der Waals surface area contributed by atoms with Gasteiger partial charge in [0.15, 0.2) is 0 Å². The second kappa shape index (κ2) is 12.7. The summed E-state index contributed by atoms with van der Waals surface area (Å²) < 4.78 is 40.6. The minimum atomic E-state index is -4.63. The van der Waals surface area contributed by atoms with Crippen LogP contribution in [0, 0.1) is 23.7 Å². The van der Waals surface area contributed by atoms with Crippen molar-refractivity contribution in [2.75, 3.05) is 0 Å². The molecule has 0 aromatic heterocycles. The lowest BCUT2D eigenvalue weighted by atomic mass is 9.68. The summed E-state index contributed by atoms with van der Waals surface area (Å²) in [6, 6.07) is 6.23. The highest BCUT2D eigenvalue weighted by atomic mass is 19.4. The summed E-state index contributed by atoms with van der Waals surface area (Å²) >= 11 is 0. The molecule has 0 atom stereocenters. The molecule has 0 unspecified atom stereocenters. The molecule has 2 aliphatic rings. The average molecular weight is 451 g/mol. The minimum Gasteiger partial charge on any atom is -0.406 e. The lowest BCUT2D eigenvalue weighted by Crippen LogP contribution is -2.25. The number of alkyl halides is 3. The van der Waals surface area contributed by atoms with Gasteiger partial charge >= 0.3 is 6.36 Å². The van der Waals surface area contributed by atoms with Crippen molar-refractivity contribution in [2.24, 2.45) is 23.7 Å².